The molecule has 36 heavy (non-hydrogen) atoms. The lowest BCUT2D eigenvalue weighted by atomic mass is 9.88. The van der Waals surface area contributed by atoms with Gasteiger partial charge in [0, 0.05) is 40.7 Å². The molecule has 3 aromatic carbocycles. The summed E-state index contributed by atoms with van der Waals surface area (Å²) in [6, 6.07) is 24.8. The molecule has 3 N–H and O–H groups in total. The number of para-hydroxylation sites is 1. The Balaban J connectivity index is 2.24. The second-order valence-corrected chi connectivity index (χ2v) is 10.0. The topological polar surface area (TPSA) is 50.4 Å². The lowest BCUT2D eigenvalue weighted by Gasteiger charge is -2.24. The molecular formula is C31H36ClN3S. The summed E-state index contributed by atoms with van der Waals surface area (Å²) in [7, 11) is 0. The minimum absolute atomic E-state index is 0.0511. The van der Waals surface area contributed by atoms with Crippen LogP contribution in [0.3, 0.4) is 0 Å². The van der Waals surface area contributed by atoms with Crippen LogP contribution in [0.1, 0.15) is 48.1 Å². The third-order valence-corrected chi connectivity index (χ3v) is 6.85. The number of halogens is 1. The zero-order chi connectivity index (χ0) is 25.9. The number of hydrogen-bond acceptors (Lipinski definition) is 4. The number of hydrogen-bond donors (Lipinski definition) is 2. The summed E-state index contributed by atoms with van der Waals surface area (Å²) in [6.07, 6.45) is 5.61. The molecule has 0 spiro atoms. The molecule has 0 aliphatic carbocycles. The first-order valence-electron chi connectivity index (χ1n) is 12.3. The molecule has 0 bridgehead atoms. The van der Waals surface area contributed by atoms with Crippen molar-refractivity contribution in [3.8, 4) is 0 Å². The van der Waals surface area contributed by atoms with Gasteiger partial charge in [-0.15, -0.1) is 0 Å². The van der Waals surface area contributed by atoms with Crippen LogP contribution in [0.5, 0.6) is 0 Å². The number of nitrogen functional groups attached to an aromatic ring is 1. The molecule has 0 saturated heterocycles. The standard InChI is InChI=1S/C31H36ClN3S/c1-5-19-35-30(20-29(34-6-2)23-13-11-22(3)12-14-23)27(21-36-4)31(24-15-17-25(32)18-16-24)26-9-7-8-10-28(26)33/h6-18,29,34H,2,5,19-21,33H2,1,3-4H3/b31-27+,35-30?. The molecule has 0 aromatic heterocycles. The van der Waals surface area contributed by atoms with Gasteiger partial charge in [0.25, 0.3) is 0 Å². The molecule has 5 heteroatoms. The summed E-state index contributed by atoms with van der Waals surface area (Å²) in [5, 5.41) is 4.18. The number of nitrogens with zero attached hydrogens (tertiary/aromatic N) is 1. The van der Waals surface area contributed by atoms with E-state index in [4.69, 9.17) is 22.3 Å². The zero-order valence-electron chi connectivity index (χ0n) is 21.4. The summed E-state index contributed by atoms with van der Waals surface area (Å²) >= 11 is 8.05. The molecule has 3 aromatic rings. The van der Waals surface area contributed by atoms with E-state index >= 15 is 0 Å². The highest BCUT2D eigenvalue weighted by atomic mass is 35.5. The summed E-state index contributed by atoms with van der Waals surface area (Å²) in [5.74, 6) is 0.809. The van der Waals surface area contributed by atoms with E-state index in [1.54, 1.807) is 18.0 Å². The summed E-state index contributed by atoms with van der Waals surface area (Å²) in [6.45, 7) is 8.98. The normalized spacial score (nSPS) is 13.2. The van der Waals surface area contributed by atoms with Crippen LogP contribution in [-0.4, -0.2) is 24.3 Å². The smallest absolute Gasteiger partial charge is 0.0563 e. The minimum atomic E-state index is 0.0511. The van der Waals surface area contributed by atoms with Crippen LogP contribution in [0.4, 0.5) is 5.69 Å². The molecule has 1 atom stereocenters. The SMILES string of the molecule is C=CNC(CC(=NCCC)/C(CSC)=C(\c1ccc(Cl)cc1)c1ccccc1N)c1ccc(C)cc1. The number of nitrogens with one attached hydrogen (secondary N) is 1. The predicted molar refractivity (Wildman–Crippen MR) is 161 cm³/mol. The summed E-state index contributed by atoms with van der Waals surface area (Å²) in [5.41, 5.74) is 15.2. The van der Waals surface area contributed by atoms with Crippen LogP contribution in [0.15, 0.2) is 96.1 Å². The van der Waals surface area contributed by atoms with Crippen molar-refractivity contribution < 1.29 is 0 Å². The van der Waals surface area contributed by atoms with Crippen LogP contribution in [0.25, 0.3) is 5.57 Å². The molecule has 188 valence electrons. The Bertz CT molecular complexity index is 1200. The number of nitrogens with two attached hydrogens (primary N) is 1. The Morgan fingerprint density at radius 2 is 1.78 bits per heavy atom. The number of thioether (sulfide) groups is 1. The van der Waals surface area contributed by atoms with Gasteiger partial charge in [0.15, 0.2) is 0 Å². The van der Waals surface area contributed by atoms with E-state index in [-0.39, 0.29) is 6.04 Å². The molecule has 0 saturated carbocycles. The minimum Gasteiger partial charge on any atom is -0.398 e. The maximum atomic E-state index is 6.54. The summed E-state index contributed by atoms with van der Waals surface area (Å²) in [4.78, 5) is 5.15. The van der Waals surface area contributed by atoms with Crippen molar-refractivity contribution in [1.29, 1.82) is 0 Å². The Hall–Kier alpha value is -2.95. The molecule has 0 radical (unpaired) electrons. The maximum absolute atomic E-state index is 6.54. The number of aliphatic imine (C=N–C) groups is 1. The Labute approximate surface area is 225 Å². The molecule has 3 nitrogen and oxygen atoms in total. The molecule has 0 fully saturated rings. The van der Waals surface area contributed by atoms with Gasteiger partial charge in [0.05, 0.1) is 6.04 Å². The fourth-order valence-corrected chi connectivity index (χ4v) is 4.94. The van der Waals surface area contributed by atoms with Gasteiger partial charge in [-0.3, -0.25) is 4.99 Å². The molecule has 0 aliphatic heterocycles. The average molecular weight is 518 g/mol. The van der Waals surface area contributed by atoms with E-state index in [2.05, 4.69) is 74.5 Å². The van der Waals surface area contributed by atoms with Gasteiger partial charge >= 0.3 is 0 Å². The quantitative estimate of drug-likeness (QED) is 0.188. The first-order chi connectivity index (χ1) is 17.5. The van der Waals surface area contributed by atoms with Crippen molar-refractivity contribution in [3.63, 3.8) is 0 Å². The monoisotopic (exact) mass is 517 g/mol. The van der Waals surface area contributed by atoms with Crippen molar-refractivity contribution in [1.82, 2.24) is 5.32 Å². The van der Waals surface area contributed by atoms with Crippen LogP contribution >= 0.6 is 23.4 Å². The van der Waals surface area contributed by atoms with Gasteiger partial charge in [-0.1, -0.05) is 85.3 Å². The van der Waals surface area contributed by atoms with Gasteiger partial charge in [-0.05, 0) is 66.3 Å². The van der Waals surface area contributed by atoms with E-state index in [9.17, 15) is 0 Å². The highest BCUT2D eigenvalue weighted by Crippen LogP contribution is 2.35. The number of anilines is 1. The second kappa shape index (κ2) is 14.0. The lowest BCUT2D eigenvalue weighted by molar-refractivity contribution is 0.646. The van der Waals surface area contributed by atoms with E-state index in [0.29, 0.717) is 5.02 Å². The van der Waals surface area contributed by atoms with E-state index in [1.807, 2.05) is 30.3 Å². The van der Waals surface area contributed by atoms with Gasteiger partial charge in [-0.2, -0.15) is 11.8 Å². The first-order valence-corrected chi connectivity index (χ1v) is 14.1. The van der Waals surface area contributed by atoms with Crippen LogP contribution in [-0.2, 0) is 0 Å². The average Bonchev–Trinajstić information content (AvgIpc) is 2.88. The lowest BCUT2D eigenvalue weighted by Crippen LogP contribution is -2.22. The van der Waals surface area contributed by atoms with Crippen LogP contribution in [0.2, 0.25) is 5.02 Å². The number of rotatable bonds is 12. The fraction of sp³-hybridized carbons (Fsp3) is 0.258. The van der Waals surface area contributed by atoms with Gasteiger partial charge in [-0.25, -0.2) is 0 Å². The van der Waals surface area contributed by atoms with Gasteiger partial charge in [0.1, 0.15) is 0 Å². The molecular weight excluding hydrogens is 482 g/mol. The van der Waals surface area contributed by atoms with E-state index in [1.165, 1.54) is 16.7 Å². The fourth-order valence-electron chi connectivity index (χ4n) is 4.21. The molecule has 3 rings (SSSR count). The largest absolute Gasteiger partial charge is 0.398 e. The van der Waals surface area contributed by atoms with E-state index in [0.717, 1.165) is 53.2 Å². The zero-order valence-corrected chi connectivity index (χ0v) is 23.0. The predicted octanol–water partition coefficient (Wildman–Crippen LogP) is 8.11. The van der Waals surface area contributed by atoms with Crippen LogP contribution in [0, 0.1) is 6.92 Å². The van der Waals surface area contributed by atoms with Gasteiger partial charge in [0.2, 0.25) is 0 Å². The van der Waals surface area contributed by atoms with Crippen molar-refractivity contribution >= 4 is 40.3 Å². The molecule has 0 heterocycles. The molecule has 0 amide bonds. The Morgan fingerprint density at radius 3 is 2.39 bits per heavy atom. The molecule has 0 aliphatic rings. The Kier molecular flexibility index (Phi) is 10.7. The van der Waals surface area contributed by atoms with Crippen molar-refractivity contribution in [2.45, 2.75) is 32.7 Å². The van der Waals surface area contributed by atoms with E-state index < -0.39 is 0 Å². The van der Waals surface area contributed by atoms with Crippen molar-refractivity contribution in [2.75, 3.05) is 24.3 Å². The van der Waals surface area contributed by atoms with Crippen molar-refractivity contribution in [3.05, 3.63) is 118 Å². The van der Waals surface area contributed by atoms with Crippen molar-refractivity contribution in [2.24, 2.45) is 4.99 Å². The molecule has 1 unspecified atom stereocenters. The number of benzene rings is 3. The highest BCUT2D eigenvalue weighted by molar-refractivity contribution is 7.98. The third kappa shape index (κ3) is 7.28. The van der Waals surface area contributed by atoms with Gasteiger partial charge < -0.3 is 11.1 Å². The first kappa shape index (κ1) is 27.6. The van der Waals surface area contributed by atoms with Crippen LogP contribution < -0.4 is 11.1 Å². The third-order valence-electron chi connectivity index (χ3n) is 6.02. The highest BCUT2D eigenvalue weighted by Gasteiger charge is 2.22. The maximum Gasteiger partial charge on any atom is 0.0563 e. The second-order valence-electron chi connectivity index (χ2n) is 8.75. The number of aryl methyl sites for hydroxylation is 1. The Morgan fingerprint density at radius 1 is 1.08 bits per heavy atom. The summed E-state index contributed by atoms with van der Waals surface area (Å²) < 4.78 is 0.